The molecule has 0 aliphatic rings. The SMILES string of the molecule is CCCOCCOC(F)(F)C(F)(F)C(F)(F)F. The largest absolute Gasteiger partial charge is 0.462 e. The second-order valence-corrected chi connectivity index (χ2v) is 3.05. The Morgan fingerprint density at radius 3 is 1.76 bits per heavy atom. The van der Waals surface area contributed by atoms with Gasteiger partial charge in [-0.3, -0.25) is 0 Å². The summed E-state index contributed by atoms with van der Waals surface area (Å²) in [7, 11) is 0. The van der Waals surface area contributed by atoms with E-state index in [1.54, 1.807) is 6.92 Å². The first-order chi connectivity index (χ1) is 7.56. The molecule has 0 amide bonds. The Hall–Kier alpha value is -0.570. The maximum absolute atomic E-state index is 12.5. The number of rotatable bonds is 7. The molecule has 0 atom stereocenters. The minimum Gasteiger partial charge on any atom is -0.379 e. The molecule has 0 aromatic rings. The average molecular weight is 272 g/mol. The predicted molar refractivity (Wildman–Crippen MR) is 43.0 cm³/mol. The van der Waals surface area contributed by atoms with Gasteiger partial charge in [-0.1, -0.05) is 6.92 Å². The van der Waals surface area contributed by atoms with Crippen LogP contribution in [0.3, 0.4) is 0 Å². The lowest BCUT2D eigenvalue weighted by Gasteiger charge is -2.27. The van der Waals surface area contributed by atoms with E-state index in [4.69, 9.17) is 0 Å². The third-order valence-corrected chi connectivity index (χ3v) is 1.58. The van der Waals surface area contributed by atoms with Crippen LogP contribution >= 0.6 is 0 Å². The molecular weight excluding hydrogens is 261 g/mol. The van der Waals surface area contributed by atoms with Crippen LogP contribution < -0.4 is 0 Å². The molecule has 9 heteroatoms. The Morgan fingerprint density at radius 1 is 0.824 bits per heavy atom. The number of alkyl halides is 7. The van der Waals surface area contributed by atoms with Crippen molar-refractivity contribution in [1.29, 1.82) is 0 Å². The molecular formula is C8H11F7O2. The van der Waals surface area contributed by atoms with Crippen molar-refractivity contribution >= 4 is 0 Å². The standard InChI is InChI=1S/C8H11F7O2/c1-2-3-16-4-5-17-8(14,15)6(9,10)7(11,12)13/h2-5H2,1H3. The molecule has 0 aliphatic heterocycles. The summed E-state index contributed by atoms with van der Waals surface area (Å²) in [6, 6.07) is 0. The molecule has 17 heavy (non-hydrogen) atoms. The number of hydrogen-bond donors (Lipinski definition) is 0. The van der Waals surface area contributed by atoms with Crippen molar-refractivity contribution in [3.8, 4) is 0 Å². The molecule has 0 rings (SSSR count). The van der Waals surface area contributed by atoms with Crippen LogP contribution in [0, 0.1) is 0 Å². The van der Waals surface area contributed by atoms with Crippen molar-refractivity contribution in [2.75, 3.05) is 19.8 Å². The lowest BCUT2D eigenvalue weighted by molar-refractivity contribution is -0.424. The molecule has 0 unspecified atom stereocenters. The Morgan fingerprint density at radius 2 is 1.35 bits per heavy atom. The van der Waals surface area contributed by atoms with Crippen LogP contribution in [-0.2, 0) is 9.47 Å². The van der Waals surface area contributed by atoms with Gasteiger partial charge in [-0.2, -0.15) is 30.7 Å². The van der Waals surface area contributed by atoms with Crippen molar-refractivity contribution in [3.05, 3.63) is 0 Å². The smallest absolute Gasteiger partial charge is 0.379 e. The van der Waals surface area contributed by atoms with Gasteiger partial charge in [-0.05, 0) is 6.42 Å². The topological polar surface area (TPSA) is 18.5 Å². The Labute approximate surface area is 92.7 Å². The Balaban J connectivity index is 4.28. The summed E-state index contributed by atoms with van der Waals surface area (Å²) in [5.41, 5.74) is 0. The fourth-order valence-corrected chi connectivity index (χ4v) is 0.731. The van der Waals surface area contributed by atoms with Crippen molar-refractivity contribution in [1.82, 2.24) is 0 Å². The summed E-state index contributed by atoms with van der Waals surface area (Å²) in [4.78, 5) is 0. The molecule has 2 nitrogen and oxygen atoms in total. The second-order valence-electron chi connectivity index (χ2n) is 3.05. The summed E-state index contributed by atoms with van der Waals surface area (Å²) >= 11 is 0. The molecule has 0 N–H and O–H groups in total. The first kappa shape index (κ1) is 16.4. The van der Waals surface area contributed by atoms with Gasteiger partial charge in [0.2, 0.25) is 0 Å². The fourth-order valence-electron chi connectivity index (χ4n) is 0.731. The highest BCUT2D eigenvalue weighted by molar-refractivity contribution is 4.84. The van der Waals surface area contributed by atoms with E-state index < -0.39 is 31.4 Å². The van der Waals surface area contributed by atoms with Gasteiger partial charge in [0.25, 0.3) is 0 Å². The zero-order valence-electron chi connectivity index (χ0n) is 8.79. The molecule has 0 aromatic carbocycles. The van der Waals surface area contributed by atoms with E-state index >= 15 is 0 Å². The van der Waals surface area contributed by atoms with E-state index in [1.807, 2.05) is 0 Å². The van der Waals surface area contributed by atoms with Gasteiger partial charge in [-0.25, -0.2) is 0 Å². The minimum absolute atomic E-state index is 0.171. The van der Waals surface area contributed by atoms with Crippen LogP contribution in [-0.4, -0.2) is 38.0 Å². The van der Waals surface area contributed by atoms with Gasteiger partial charge >= 0.3 is 18.2 Å². The first-order valence-electron chi connectivity index (χ1n) is 4.60. The van der Waals surface area contributed by atoms with Gasteiger partial charge in [0.15, 0.2) is 0 Å². The maximum Gasteiger partial charge on any atom is 0.462 e. The second kappa shape index (κ2) is 5.85. The van der Waals surface area contributed by atoms with Gasteiger partial charge in [-0.15, -0.1) is 0 Å². The third-order valence-electron chi connectivity index (χ3n) is 1.58. The molecule has 0 bridgehead atoms. The lowest BCUT2D eigenvalue weighted by atomic mass is 10.3. The van der Waals surface area contributed by atoms with Crippen LogP contribution in [0.15, 0.2) is 0 Å². The zero-order chi connectivity index (χ0) is 13.7. The summed E-state index contributed by atoms with van der Waals surface area (Å²) in [6.07, 6.45) is -11.4. The summed E-state index contributed by atoms with van der Waals surface area (Å²) in [6.45, 7) is 0.327. The highest BCUT2D eigenvalue weighted by atomic mass is 19.4. The van der Waals surface area contributed by atoms with E-state index in [0.29, 0.717) is 6.42 Å². The molecule has 0 saturated carbocycles. The average Bonchev–Trinajstić information content (AvgIpc) is 2.15. The van der Waals surface area contributed by atoms with Gasteiger partial charge in [0.1, 0.15) is 0 Å². The number of hydrogen-bond acceptors (Lipinski definition) is 2. The Kier molecular flexibility index (Phi) is 5.66. The zero-order valence-corrected chi connectivity index (χ0v) is 8.79. The number of halogens is 7. The summed E-state index contributed by atoms with van der Waals surface area (Å²) in [5.74, 6) is -6.23. The van der Waals surface area contributed by atoms with E-state index in [1.165, 1.54) is 0 Å². The van der Waals surface area contributed by atoms with E-state index in [0.717, 1.165) is 0 Å². The van der Waals surface area contributed by atoms with E-state index in [9.17, 15) is 30.7 Å². The fraction of sp³-hybridized carbons (Fsp3) is 1.00. The molecule has 0 radical (unpaired) electrons. The molecule has 0 spiro atoms. The van der Waals surface area contributed by atoms with Crippen LogP contribution in [0.5, 0.6) is 0 Å². The lowest BCUT2D eigenvalue weighted by Crippen LogP contribution is -2.53. The van der Waals surface area contributed by atoms with Gasteiger partial charge in [0, 0.05) is 6.61 Å². The molecule has 104 valence electrons. The third kappa shape index (κ3) is 4.30. The summed E-state index contributed by atoms with van der Waals surface area (Å²) in [5, 5.41) is 0. The van der Waals surface area contributed by atoms with Gasteiger partial charge in [0.05, 0.1) is 13.2 Å². The number of ether oxygens (including phenoxy) is 2. The first-order valence-corrected chi connectivity index (χ1v) is 4.60. The van der Waals surface area contributed by atoms with Crippen LogP contribution in [0.25, 0.3) is 0 Å². The normalized spacial score (nSPS) is 14.1. The van der Waals surface area contributed by atoms with Crippen molar-refractivity contribution < 1.29 is 40.2 Å². The van der Waals surface area contributed by atoms with Crippen LogP contribution in [0.4, 0.5) is 30.7 Å². The van der Waals surface area contributed by atoms with E-state index in [-0.39, 0.29) is 6.61 Å². The maximum atomic E-state index is 12.5. The quantitative estimate of drug-likeness (QED) is 0.523. The van der Waals surface area contributed by atoms with Crippen molar-refractivity contribution in [3.63, 3.8) is 0 Å². The highest BCUT2D eigenvalue weighted by Gasteiger charge is 2.74. The monoisotopic (exact) mass is 272 g/mol. The molecule has 0 aliphatic carbocycles. The van der Waals surface area contributed by atoms with Crippen LogP contribution in [0.1, 0.15) is 13.3 Å². The van der Waals surface area contributed by atoms with Gasteiger partial charge < -0.3 is 9.47 Å². The summed E-state index contributed by atoms with van der Waals surface area (Å²) < 4.78 is 92.1. The molecule has 0 aromatic heterocycles. The van der Waals surface area contributed by atoms with Crippen molar-refractivity contribution in [2.24, 2.45) is 0 Å². The highest BCUT2D eigenvalue weighted by Crippen LogP contribution is 2.46. The minimum atomic E-state index is -6.37. The molecule has 0 saturated heterocycles. The van der Waals surface area contributed by atoms with Crippen molar-refractivity contribution in [2.45, 2.75) is 31.6 Å². The predicted octanol–water partition coefficient (Wildman–Crippen LogP) is 3.22. The van der Waals surface area contributed by atoms with Crippen LogP contribution in [0.2, 0.25) is 0 Å². The van der Waals surface area contributed by atoms with E-state index in [2.05, 4.69) is 9.47 Å². The molecule has 0 heterocycles. The molecule has 0 fully saturated rings. The Bertz CT molecular complexity index is 226.